The van der Waals surface area contributed by atoms with Gasteiger partial charge in [-0.2, -0.15) is 0 Å². The highest BCUT2D eigenvalue weighted by molar-refractivity contribution is 5.95. The summed E-state index contributed by atoms with van der Waals surface area (Å²) in [4.78, 5) is 14.5. The Hall–Kier alpha value is -1.75. The number of hydrogen-bond donors (Lipinski definition) is 3. The molecule has 116 valence electrons. The number of amides is 1. The molecule has 21 heavy (non-hydrogen) atoms. The van der Waals surface area contributed by atoms with Crippen molar-refractivity contribution in [2.45, 2.75) is 32.7 Å². The van der Waals surface area contributed by atoms with Crippen molar-refractivity contribution in [2.24, 2.45) is 5.92 Å². The molecule has 5 nitrogen and oxygen atoms in total. The first-order valence-corrected chi connectivity index (χ1v) is 7.52. The first-order valence-electron chi connectivity index (χ1n) is 7.52. The summed E-state index contributed by atoms with van der Waals surface area (Å²) in [6, 6.07) is 4.32. The number of carbonyl (C=O) groups excluding carboxylic acids is 1. The fourth-order valence-corrected chi connectivity index (χ4v) is 2.71. The second-order valence-corrected chi connectivity index (χ2v) is 5.97. The van der Waals surface area contributed by atoms with Crippen LogP contribution in [0.4, 0.5) is 0 Å². The largest absolute Gasteiger partial charge is 0.504 e. The Morgan fingerprint density at radius 3 is 2.71 bits per heavy atom. The maximum absolute atomic E-state index is 12.6. The van der Waals surface area contributed by atoms with Gasteiger partial charge in [0.15, 0.2) is 11.5 Å². The number of piperidine rings is 1. The summed E-state index contributed by atoms with van der Waals surface area (Å²) in [5.41, 5.74) is 0.405. The predicted molar refractivity (Wildman–Crippen MR) is 81.5 cm³/mol. The van der Waals surface area contributed by atoms with Crippen molar-refractivity contribution >= 4 is 5.91 Å². The molecule has 5 heteroatoms. The monoisotopic (exact) mass is 292 g/mol. The predicted octanol–water partition coefficient (Wildman–Crippen LogP) is 1.95. The minimum Gasteiger partial charge on any atom is -0.504 e. The van der Waals surface area contributed by atoms with Crippen LogP contribution in [0.3, 0.4) is 0 Å². The summed E-state index contributed by atoms with van der Waals surface area (Å²) in [5.74, 6) is -0.107. The molecular formula is C16H24N2O3. The van der Waals surface area contributed by atoms with Crippen LogP contribution < -0.4 is 5.32 Å². The number of phenols is 2. The van der Waals surface area contributed by atoms with Gasteiger partial charge >= 0.3 is 0 Å². The van der Waals surface area contributed by atoms with Gasteiger partial charge in [0.2, 0.25) is 0 Å². The molecule has 0 aromatic heterocycles. The minimum absolute atomic E-state index is 0.0929. The molecule has 0 aliphatic carbocycles. The van der Waals surface area contributed by atoms with Crippen LogP contribution in [0.5, 0.6) is 11.5 Å². The molecule has 0 bridgehead atoms. The number of benzene rings is 1. The Bertz CT molecular complexity index is 496. The lowest BCUT2D eigenvalue weighted by Gasteiger charge is -2.33. The summed E-state index contributed by atoms with van der Waals surface area (Å²) < 4.78 is 0. The van der Waals surface area contributed by atoms with Crippen LogP contribution in [0.15, 0.2) is 18.2 Å². The van der Waals surface area contributed by atoms with E-state index in [1.165, 1.54) is 12.1 Å². The van der Waals surface area contributed by atoms with Gasteiger partial charge in [-0.05, 0) is 63.9 Å². The molecule has 1 aromatic carbocycles. The van der Waals surface area contributed by atoms with Gasteiger partial charge < -0.3 is 20.4 Å². The Labute approximate surface area is 125 Å². The van der Waals surface area contributed by atoms with Crippen molar-refractivity contribution in [3.63, 3.8) is 0 Å². The molecule has 1 aromatic rings. The second-order valence-electron chi connectivity index (χ2n) is 5.97. The van der Waals surface area contributed by atoms with E-state index in [2.05, 4.69) is 5.32 Å². The number of nitrogens with one attached hydrogen (secondary N) is 1. The zero-order valence-electron chi connectivity index (χ0n) is 12.7. The van der Waals surface area contributed by atoms with Gasteiger partial charge in [-0.3, -0.25) is 4.79 Å². The zero-order valence-corrected chi connectivity index (χ0v) is 12.7. The summed E-state index contributed by atoms with van der Waals surface area (Å²) in [5, 5.41) is 22.3. The van der Waals surface area contributed by atoms with Crippen LogP contribution in [0, 0.1) is 5.92 Å². The lowest BCUT2D eigenvalue weighted by molar-refractivity contribution is 0.0660. The third kappa shape index (κ3) is 3.88. The molecule has 2 rings (SSSR count). The Morgan fingerprint density at radius 1 is 1.38 bits per heavy atom. The molecule has 0 radical (unpaired) electrons. The third-order valence-electron chi connectivity index (χ3n) is 3.96. The SMILES string of the molecule is CC(C)N(CC1CCCNC1)C(=O)c1ccc(O)c(O)c1. The van der Waals surface area contributed by atoms with Crippen LogP contribution in [0.25, 0.3) is 0 Å². The van der Waals surface area contributed by atoms with E-state index in [0.29, 0.717) is 18.0 Å². The van der Waals surface area contributed by atoms with E-state index in [-0.39, 0.29) is 23.4 Å². The lowest BCUT2D eigenvalue weighted by Crippen LogP contribution is -2.44. The fraction of sp³-hybridized carbons (Fsp3) is 0.562. The number of phenolic OH excluding ortho intramolecular Hbond substituents is 2. The highest BCUT2D eigenvalue weighted by Gasteiger charge is 2.24. The summed E-state index contributed by atoms with van der Waals surface area (Å²) in [6.45, 7) is 6.70. The molecule has 1 aliphatic rings. The highest BCUT2D eigenvalue weighted by Crippen LogP contribution is 2.26. The number of rotatable bonds is 4. The smallest absolute Gasteiger partial charge is 0.254 e. The van der Waals surface area contributed by atoms with Crippen LogP contribution in [0.2, 0.25) is 0 Å². The van der Waals surface area contributed by atoms with E-state index in [0.717, 1.165) is 25.9 Å². The van der Waals surface area contributed by atoms with Crippen molar-refractivity contribution < 1.29 is 15.0 Å². The first kappa shape index (κ1) is 15.6. The molecule has 1 aliphatic heterocycles. The Morgan fingerprint density at radius 2 is 2.14 bits per heavy atom. The van der Waals surface area contributed by atoms with Gasteiger partial charge in [0, 0.05) is 18.2 Å². The molecule has 1 unspecified atom stereocenters. The summed E-state index contributed by atoms with van der Waals surface area (Å²) >= 11 is 0. The number of carbonyl (C=O) groups is 1. The van der Waals surface area contributed by atoms with E-state index < -0.39 is 0 Å². The molecule has 1 atom stereocenters. The van der Waals surface area contributed by atoms with E-state index in [1.54, 1.807) is 6.07 Å². The topological polar surface area (TPSA) is 72.8 Å². The van der Waals surface area contributed by atoms with Crippen molar-refractivity contribution in [2.75, 3.05) is 19.6 Å². The van der Waals surface area contributed by atoms with E-state index in [1.807, 2.05) is 18.7 Å². The van der Waals surface area contributed by atoms with Crippen LogP contribution in [-0.2, 0) is 0 Å². The van der Waals surface area contributed by atoms with Crippen LogP contribution in [0.1, 0.15) is 37.0 Å². The van der Waals surface area contributed by atoms with E-state index in [4.69, 9.17) is 0 Å². The maximum Gasteiger partial charge on any atom is 0.254 e. The van der Waals surface area contributed by atoms with Crippen molar-refractivity contribution in [1.82, 2.24) is 10.2 Å². The fourth-order valence-electron chi connectivity index (χ4n) is 2.71. The van der Waals surface area contributed by atoms with Gasteiger partial charge in [-0.15, -0.1) is 0 Å². The molecule has 0 spiro atoms. The van der Waals surface area contributed by atoms with Crippen molar-refractivity contribution in [3.05, 3.63) is 23.8 Å². The van der Waals surface area contributed by atoms with Crippen molar-refractivity contribution in [1.29, 1.82) is 0 Å². The van der Waals surface area contributed by atoms with Crippen LogP contribution >= 0.6 is 0 Å². The average molecular weight is 292 g/mol. The molecule has 0 saturated carbocycles. The number of hydrogen-bond acceptors (Lipinski definition) is 4. The number of aromatic hydroxyl groups is 2. The molecule has 1 amide bonds. The van der Waals surface area contributed by atoms with E-state index >= 15 is 0 Å². The summed E-state index contributed by atoms with van der Waals surface area (Å²) in [7, 11) is 0. The first-order chi connectivity index (χ1) is 9.99. The zero-order chi connectivity index (χ0) is 15.4. The Balaban J connectivity index is 2.12. The van der Waals surface area contributed by atoms with Gasteiger partial charge in [-0.25, -0.2) is 0 Å². The van der Waals surface area contributed by atoms with Gasteiger partial charge in [-0.1, -0.05) is 0 Å². The normalized spacial score (nSPS) is 18.7. The van der Waals surface area contributed by atoms with Crippen LogP contribution in [-0.4, -0.2) is 46.7 Å². The molecule has 1 fully saturated rings. The highest BCUT2D eigenvalue weighted by atomic mass is 16.3. The average Bonchev–Trinajstić information content (AvgIpc) is 2.47. The molecule has 3 N–H and O–H groups in total. The lowest BCUT2D eigenvalue weighted by atomic mass is 9.98. The second kappa shape index (κ2) is 6.80. The molecule has 1 heterocycles. The van der Waals surface area contributed by atoms with Gasteiger partial charge in [0.25, 0.3) is 5.91 Å². The standard InChI is InChI=1S/C16H24N2O3/c1-11(2)18(10-12-4-3-7-17-9-12)16(21)13-5-6-14(19)15(20)8-13/h5-6,8,11-12,17,19-20H,3-4,7,9-10H2,1-2H3. The quantitative estimate of drug-likeness (QED) is 0.742. The maximum atomic E-state index is 12.6. The number of nitrogens with zero attached hydrogens (tertiary/aromatic N) is 1. The van der Waals surface area contributed by atoms with Crippen molar-refractivity contribution in [3.8, 4) is 11.5 Å². The molecular weight excluding hydrogens is 268 g/mol. The minimum atomic E-state index is -0.260. The van der Waals surface area contributed by atoms with Gasteiger partial charge in [0.05, 0.1) is 0 Å². The Kier molecular flexibility index (Phi) is 5.07. The third-order valence-corrected chi connectivity index (χ3v) is 3.96. The summed E-state index contributed by atoms with van der Waals surface area (Å²) in [6.07, 6.45) is 2.27. The van der Waals surface area contributed by atoms with E-state index in [9.17, 15) is 15.0 Å². The molecule has 1 saturated heterocycles. The van der Waals surface area contributed by atoms with Gasteiger partial charge in [0.1, 0.15) is 0 Å².